The van der Waals surface area contributed by atoms with E-state index in [1.807, 2.05) is 54.3 Å². The molecule has 1 aromatic heterocycles. The number of benzene rings is 1. The van der Waals surface area contributed by atoms with Gasteiger partial charge in [-0.2, -0.15) is 0 Å². The fraction of sp³-hybridized carbons (Fsp3) is 0.538. The molecule has 2 unspecified atom stereocenters. The van der Waals surface area contributed by atoms with Crippen LogP contribution in [0.15, 0.2) is 46.9 Å². The third-order valence-electron chi connectivity index (χ3n) is 6.61. The lowest BCUT2D eigenvalue weighted by atomic mass is 9.96. The van der Waals surface area contributed by atoms with Crippen LogP contribution in [0.2, 0.25) is 0 Å². The zero-order valence-electron chi connectivity index (χ0n) is 19.5. The Morgan fingerprint density at radius 2 is 1.88 bits per heavy atom. The third-order valence-corrected chi connectivity index (χ3v) is 6.61. The molecule has 2 atom stereocenters. The number of nitrogens with zero attached hydrogens (tertiary/aromatic N) is 2. The van der Waals surface area contributed by atoms with Gasteiger partial charge in [-0.25, -0.2) is 0 Å². The van der Waals surface area contributed by atoms with Crippen LogP contribution in [-0.4, -0.2) is 60.9 Å². The van der Waals surface area contributed by atoms with Crippen LogP contribution in [0.4, 0.5) is 0 Å². The predicted molar refractivity (Wildman–Crippen MR) is 126 cm³/mol. The molecule has 2 aromatic rings. The van der Waals surface area contributed by atoms with Crippen molar-refractivity contribution in [1.82, 2.24) is 15.1 Å². The van der Waals surface area contributed by atoms with Crippen molar-refractivity contribution in [3.8, 4) is 5.75 Å². The first-order chi connectivity index (χ1) is 16.1. The first kappa shape index (κ1) is 23.4. The summed E-state index contributed by atoms with van der Waals surface area (Å²) in [7, 11) is 0. The van der Waals surface area contributed by atoms with Crippen LogP contribution < -0.4 is 10.1 Å². The Morgan fingerprint density at radius 1 is 1.09 bits per heavy atom. The van der Waals surface area contributed by atoms with E-state index in [-0.39, 0.29) is 23.8 Å². The second-order valence-corrected chi connectivity index (χ2v) is 9.04. The van der Waals surface area contributed by atoms with E-state index in [4.69, 9.17) is 9.15 Å². The molecule has 33 heavy (non-hydrogen) atoms. The molecule has 2 fully saturated rings. The van der Waals surface area contributed by atoms with E-state index in [9.17, 15) is 9.59 Å². The Hall–Kier alpha value is -2.80. The highest BCUT2D eigenvalue weighted by molar-refractivity contribution is 5.81. The molecule has 178 valence electrons. The monoisotopic (exact) mass is 453 g/mol. The highest BCUT2D eigenvalue weighted by atomic mass is 16.5. The van der Waals surface area contributed by atoms with Crippen molar-refractivity contribution in [2.24, 2.45) is 5.92 Å². The van der Waals surface area contributed by atoms with Gasteiger partial charge in [0.05, 0.1) is 25.0 Å². The summed E-state index contributed by atoms with van der Waals surface area (Å²) < 4.78 is 11.6. The van der Waals surface area contributed by atoms with E-state index in [2.05, 4.69) is 10.2 Å². The normalized spacial score (nSPS) is 19.9. The van der Waals surface area contributed by atoms with Crippen molar-refractivity contribution in [1.29, 1.82) is 0 Å². The molecule has 1 N–H and O–H groups in total. The number of piperidine rings is 1. The number of hydrogen-bond donors (Lipinski definition) is 1. The van der Waals surface area contributed by atoms with Crippen molar-refractivity contribution in [2.75, 3.05) is 39.3 Å². The molecule has 2 saturated heterocycles. The summed E-state index contributed by atoms with van der Waals surface area (Å²) in [5, 5.41) is 3.16. The van der Waals surface area contributed by atoms with Crippen LogP contribution in [0, 0.1) is 12.8 Å². The maximum absolute atomic E-state index is 13.0. The second kappa shape index (κ2) is 11.4. The average Bonchev–Trinajstić information content (AvgIpc) is 3.52. The lowest BCUT2D eigenvalue weighted by molar-refractivity contribution is -0.136. The summed E-state index contributed by atoms with van der Waals surface area (Å²) in [6.45, 7) is 6.05. The highest BCUT2D eigenvalue weighted by Gasteiger charge is 2.31. The molecule has 0 aliphatic carbocycles. The minimum Gasteiger partial charge on any atom is -0.493 e. The molecule has 1 aromatic carbocycles. The van der Waals surface area contributed by atoms with Gasteiger partial charge in [-0.05, 0) is 70.0 Å². The number of furan rings is 1. The molecular weight excluding hydrogens is 418 g/mol. The summed E-state index contributed by atoms with van der Waals surface area (Å²) in [5.41, 5.74) is 0. The minimum atomic E-state index is -0.171. The van der Waals surface area contributed by atoms with Gasteiger partial charge in [0.1, 0.15) is 17.3 Å². The van der Waals surface area contributed by atoms with Crippen molar-refractivity contribution in [3.63, 3.8) is 0 Å². The van der Waals surface area contributed by atoms with Crippen molar-refractivity contribution in [3.05, 3.63) is 54.0 Å². The van der Waals surface area contributed by atoms with E-state index in [0.717, 1.165) is 43.2 Å². The van der Waals surface area contributed by atoms with Gasteiger partial charge in [0, 0.05) is 19.6 Å². The lowest BCUT2D eigenvalue weighted by Crippen LogP contribution is -2.47. The number of ether oxygens (including phenoxy) is 1. The zero-order chi connectivity index (χ0) is 23.0. The van der Waals surface area contributed by atoms with Crippen LogP contribution >= 0.6 is 0 Å². The number of carbonyl (C=O) groups is 2. The molecular formula is C26H35N3O4. The van der Waals surface area contributed by atoms with E-state index >= 15 is 0 Å². The molecule has 0 bridgehead atoms. The quantitative estimate of drug-likeness (QED) is 0.629. The van der Waals surface area contributed by atoms with Crippen molar-refractivity contribution < 1.29 is 18.7 Å². The SMILES string of the molecule is Cc1ccc(C(CNC(=O)C2CCCN(C(=O)CCOc3ccccc3)C2)N2CCCC2)o1. The predicted octanol–water partition coefficient (Wildman–Crippen LogP) is 3.55. The van der Waals surface area contributed by atoms with Crippen molar-refractivity contribution >= 4 is 11.8 Å². The topological polar surface area (TPSA) is 75.0 Å². The summed E-state index contributed by atoms with van der Waals surface area (Å²) in [4.78, 5) is 29.9. The zero-order valence-corrected chi connectivity index (χ0v) is 19.5. The summed E-state index contributed by atoms with van der Waals surface area (Å²) in [6, 6.07) is 13.6. The van der Waals surface area contributed by atoms with Gasteiger partial charge in [-0.15, -0.1) is 0 Å². The number of rotatable bonds is 9. The number of para-hydroxylation sites is 1. The van der Waals surface area contributed by atoms with E-state index in [0.29, 0.717) is 32.7 Å². The molecule has 2 aliphatic heterocycles. The molecule has 0 saturated carbocycles. The number of amides is 2. The number of likely N-dealkylation sites (tertiary alicyclic amines) is 2. The number of aryl methyl sites for hydroxylation is 1. The Kier molecular flexibility index (Phi) is 8.05. The average molecular weight is 454 g/mol. The molecule has 2 amide bonds. The fourth-order valence-electron chi connectivity index (χ4n) is 4.79. The Bertz CT molecular complexity index is 907. The first-order valence-electron chi connectivity index (χ1n) is 12.1. The van der Waals surface area contributed by atoms with Crippen LogP contribution in [0.25, 0.3) is 0 Å². The number of hydrogen-bond acceptors (Lipinski definition) is 5. The van der Waals surface area contributed by atoms with Gasteiger partial charge in [0.2, 0.25) is 11.8 Å². The molecule has 4 rings (SSSR count). The van der Waals surface area contributed by atoms with Gasteiger partial charge in [0.15, 0.2) is 0 Å². The van der Waals surface area contributed by atoms with Gasteiger partial charge in [0.25, 0.3) is 0 Å². The van der Waals surface area contributed by atoms with Gasteiger partial charge < -0.3 is 19.4 Å². The molecule has 7 nitrogen and oxygen atoms in total. The van der Waals surface area contributed by atoms with Crippen LogP contribution in [0.1, 0.15) is 49.7 Å². The van der Waals surface area contributed by atoms with Crippen LogP contribution in [0.5, 0.6) is 5.75 Å². The lowest BCUT2D eigenvalue weighted by Gasteiger charge is -2.33. The molecule has 0 radical (unpaired) electrons. The summed E-state index contributed by atoms with van der Waals surface area (Å²) in [6.07, 6.45) is 4.33. The molecule has 0 spiro atoms. The van der Waals surface area contributed by atoms with E-state index in [1.165, 1.54) is 12.8 Å². The molecule has 2 aliphatic rings. The number of nitrogens with one attached hydrogen (secondary N) is 1. The third kappa shape index (κ3) is 6.38. The van der Waals surface area contributed by atoms with Gasteiger partial charge >= 0.3 is 0 Å². The standard InChI is InChI=1S/C26H35N3O4/c1-20-11-12-24(33-20)23(28-14-5-6-15-28)18-27-26(31)21-8-7-16-29(19-21)25(30)13-17-32-22-9-3-2-4-10-22/h2-4,9-12,21,23H,5-8,13-19H2,1H3,(H,27,31). The number of carbonyl (C=O) groups excluding carboxylic acids is 2. The van der Waals surface area contributed by atoms with Crippen LogP contribution in [0.3, 0.4) is 0 Å². The molecule has 7 heteroatoms. The smallest absolute Gasteiger partial charge is 0.226 e. The summed E-state index contributed by atoms with van der Waals surface area (Å²) in [5.74, 6) is 2.47. The Morgan fingerprint density at radius 3 is 2.61 bits per heavy atom. The Labute approximate surface area is 196 Å². The fourth-order valence-corrected chi connectivity index (χ4v) is 4.79. The highest BCUT2D eigenvalue weighted by Crippen LogP contribution is 2.26. The molecule has 3 heterocycles. The minimum absolute atomic E-state index is 0.0283. The van der Waals surface area contributed by atoms with Crippen molar-refractivity contribution in [2.45, 2.75) is 45.1 Å². The maximum Gasteiger partial charge on any atom is 0.226 e. The van der Waals surface area contributed by atoms with E-state index < -0.39 is 0 Å². The van der Waals surface area contributed by atoms with Crippen LogP contribution in [-0.2, 0) is 9.59 Å². The maximum atomic E-state index is 13.0. The second-order valence-electron chi connectivity index (χ2n) is 9.04. The first-order valence-corrected chi connectivity index (χ1v) is 12.1. The summed E-state index contributed by atoms with van der Waals surface area (Å²) >= 11 is 0. The van der Waals surface area contributed by atoms with Gasteiger partial charge in [-0.3, -0.25) is 14.5 Å². The van der Waals surface area contributed by atoms with Gasteiger partial charge in [-0.1, -0.05) is 18.2 Å². The Balaban J connectivity index is 1.26. The largest absolute Gasteiger partial charge is 0.493 e. The van der Waals surface area contributed by atoms with E-state index in [1.54, 1.807) is 0 Å².